The number of halogens is 2. The number of hydrazine groups is 1. The van der Waals surface area contributed by atoms with Crippen molar-refractivity contribution in [2.24, 2.45) is 5.84 Å². The largest absolute Gasteiger partial charge is 0.383 e. The molecule has 0 spiro atoms. The Morgan fingerprint density at radius 1 is 1.43 bits per heavy atom. The standard InChI is InChI=1S/C14H18Cl2N4O/c1-9-3-4-10(15)7-11(9)13(19-17)14-12(16)8-18-20(14)5-6-21-2/h3-4,7-8,13,19H,5-6,17H2,1-2H3. The predicted molar refractivity (Wildman–Crippen MR) is 84.5 cm³/mol. The van der Waals surface area contributed by atoms with Gasteiger partial charge in [-0.2, -0.15) is 5.10 Å². The predicted octanol–water partition coefficient (Wildman–Crippen LogP) is 2.70. The molecule has 5 nitrogen and oxygen atoms in total. The number of ether oxygens (including phenoxy) is 1. The third kappa shape index (κ3) is 3.56. The van der Waals surface area contributed by atoms with Crippen LogP contribution in [0, 0.1) is 6.92 Å². The van der Waals surface area contributed by atoms with Crippen molar-refractivity contribution in [2.45, 2.75) is 19.5 Å². The van der Waals surface area contributed by atoms with Gasteiger partial charge in [-0.3, -0.25) is 10.5 Å². The Balaban J connectivity index is 2.46. The van der Waals surface area contributed by atoms with Gasteiger partial charge in [-0.1, -0.05) is 29.3 Å². The van der Waals surface area contributed by atoms with Gasteiger partial charge in [0.05, 0.1) is 36.1 Å². The number of nitrogens with one attached hydrogen (secondary N) is 1. The highest BCUT2D eigenvalue weighted by molar-refractivity contribution is 6.31. The molecule has 0 fully saturated rings. The summed E-state index contributed by atoms with van der Waals surface area (Å²) in [6.45, 7) is 3.13. The lowest BCUT2D eigenvalue weighted by Crippen LogP contribution is -2.31. The zero-order valence-corrected chi connectivity index (χ0v) is 13.4. The van der Waals surface area contributed by atoms with Gasteiger partial charge in [0.1, 0.15) is 0 Å². The number of rotatable bonds is 6. The monoisotopic (exact) mass is 328 g/mol. The molecule has 0 amide bonds. The van der Waals surface area contributed by atoms with E-state index in [-0.39, 0.29) is 6.04 Å². The van der Waals surface area contributed by atoms with E-state index in [0.717, 1.165) is 16.8 Å². The van der Waals surface area contributed by atoms with Gasteiger partial charge < -0.3 is 4.74 Å². The number of nitrogens with two attached hydrogens (primary N) is 1. The lowest BCUT2D eigenvalue weighted by atomic mass is 9.99. The second-order valence-corrected chi connectivity index (χ2v) is 5.54. The summed E-state index contributed by atoms with van der Waals surface area (Å²) in [5.74, 6) is 5.76. The molecule has 7 heteroatoms. The number of hydrogen-bond donors (Lipinski definition) is 2. The van der Waals surface area contributed by atoms with Gasteiger partial charge in [0, 0.05) is 12.1 Å². The molecule has 0 saturated heterocycles. The molecule has 1 aromatic heterocycles. The summed E-state index contributed by atoms with van der Waals surface area (Å²) in [4.78, 5) is 0. The fourth-order valence-corrected chi connectivity index (χ4v) is 2.68. The van der Waals surface area contributed by atoms with E-state index in [1.165, 1.54) is 0 Å². The smallest absolute Gasteiger partial charge is 0.0896 e. The van der Waals surface area contributed by atoms with Gasteiger partial charge in [0.15, 0.2) is 0 Å². The molecule has 3 N–H and O–H groups in total. The minimum atomic E-state index is -0.296. The van der Waals surface area contributed by atoms with E-state index in [9.17, 15) is 0 Å². The van der Waals surface area contributed by atoms with Crippen LogP contribution in [0.25, 0.3) is 0 Å². The maximum atomic E-state index is 6.29. The summed E-state index contributed by atoms with van der Waals surface area (Å²) in [5.41, 5.74) is 5.63. The van der Waals surface area contributed by atoms with Crippen molar-refractivity contribution >= 4 is 23.2 Å². The molecule has 1 heterocycles. The zero-order valence-electron chi connectivity index (χ0n) is 11.9. The van der Waals surface area contributed by atoms with Crippen LogP contribution in [0.15, 0.2) is 24.4 Å². The zero-order chi connectivity index (χ0) is 15.4. The molecule has 2 aromatic rings. The molecule has 0 radical (unpaired) electrons. The van der Waals surface area contributed by atoms with Crippen LogP contribution in [0.4, 0.5) is 0 Å². The number of methoxy groups -OCH3 is 1. The van der Waals surface area contributed by atoms with Crippen molar-refractivity contribution in [3.05, 3.63) is 51.3 Å². The Morgan fingerprint density at radius 3 is 2.86 bits per heavy atom. The maximum Gasteiger partial charge on any atom is 0.0896 e. The molecule has 0 aliphatic heterocycles. The van der Waals surface area contributed by atoms with Crippen LogP contribution in [0.3, 0.4) is 0 Å². The van der Waals surface area contributed by atoms with Crippen molar-refractivity contribution in [3.63, 3.8) is 0 Å². The molecule has 0 aliphatic carbocycles. The number of nitrogens with zero attached hydrogens (tertiary/aromatic N) is 2. The van der Waals surface area contributed by atoms with Crippen LogP contribution >= 0.6 is 23.2 Å². The van der Waals surface area contributed by atoms with Crippen molar-refractivity contribution in [1.82, 2.24) is 15.2 Å². The third-order valence-electron chi connectivity index (χ3n) is 3.33. The van der Waals surface area contributed by atoms with E-state index >= 15 is 0 Å². The van der Waals surface area contributed by atoms with Crippen molar-refractivity contribution in [2.75, 3.05) is 13.7 Å². The van der Waals surface area contributed by atoms with Crippen molar-refractivity contribution < 1.29 is 4.74 Å². The quantitative estimate of drug-likeness (QED) is 0.632. The molecule has 0 aliphatic rings. The summed E-state index contributed by atoms with van der Waals surface area (Å²) < 4.78 is 6.88. The summed E-state index contributed by atoms with van der Waals surface area (Å²) >= 11 is 12.4. The van der Waals surface area contributed by atoms with Crippen LogP contribution in [-0.2, 0) is 11.3 Å². The second-order valence-electron chi connectivity index (χ2n) is 4.69. The average molecular weight is 329 g/mol. The maximum absolute atomic E-state index is 6.29. The van der Waals surface area contributed by atoms with E-state index < -0.39 is 0 Å². The Kier molecular flexibility index (Phi) is 5.61. The first kappa shape index (κ1) is 16.3. The third-order valence-corrected chi connectivity index (χ3v) is 3.86. The molecule has 1 unspecified atom stereocenters. The number of aromatic nitrogens is 2. The molecular formula is C14H18Cl2N4O. The van der Waals surface area contributed by atoms with Crippen LogP contribution in [-0.4, -0.2) is 23.5 Å². The molecule has 0 bridgehead atoms. The first-order valence-electron chi connectivity index (χ1n) is 6.50. The van der Waals surface area contributed by atoms with Crippen LogP contribution < -0.4 is 11.3 Å². The average Bonchev–Trinajstić information content (AvgIpc) is 2.83. The Hall–Kier alpha value is -1.11. The van der Waals surface area contributed by atoms with E-state index in [2.05, 4.69) is 10.5 Å². The Labute approximate surface area is 134 Å². The lowest BCUT2D eigenvalue weighted by Gasteiger charge is -2.21. The first-order chi connectivity index (χ1) is 10.1. The van der Waals surface area contributed by atoms with Crippen LogP contribution in [0.2, 0.25) is 10.0 Å². The van der Waals surface area contributed by atoms with Gasteiger partial charge in [-0.05, 0) is 30.2 Å². The molecular weight excluding hydrogens is 311 g/mol. The fraction of sp³-hybridized carbons (Fsp3) is 0.357. The highest BCUT2D eigenvalue weighted by atomic mass is 35.5. The van der Waals surface area contributed by atoms with Crippen LogP contribution in [0.5, 0.6) is 0 Å². The van der Waals surface area contributed by atoms with Gasteiger partial charge in [-0.25, -0.2) is 5.43 Å². The number of aryl methyl sites for hydroxylation is 1. The van der Waals surface area contributed by atoms with Gasteiger partial charge in [-0.15, -0.1) is 0 Å². The Bertz CT molecular complexity index is 615. The van der Waals surface area contributed by atoms with E-state index in [1.807, 2.05) is 25.1 Å². The lowest BCUT2D eigenvalue weighted by molar-refractivity contribution is 0.182. The minimum Gasteiger partial charge on any atom is -0.383 e. The number of benzene rings is 1. The van der Waals surface area contributed by atoms with E-state index in [1.54, 1.807) is 18.0 Å². The Morgan fingerprint density at radius 2 is 2.19 bits per heavy atom. The highest BCUT2D eigenvalue weighted by Gasteiger charge is 2.22. The normalized spacial score (nSPS) is 12.6. The van der Waals surface area contributed by atoms with E-state index in [4.69, 9.17) is 33.8 Å². The summed E-state index contributed by atoms with van der Waals surface area (Å²) in [7, 11) is 1.64. The van der Waals surface area contributed by atoms with Crippen molar-refractivity contribution in [1.29, 1.82) is 0 Å². The molecule has 21 heavy (non-hydrogen) atoms. The van der Waals surface area contributed by atoms with Gasteiger partial charge >= 0.3 is 0 Å². The summed E-state index contributed by atoms with van der Waals surface area (Å²) in [6, 6.07) is 5.38. The highest BCUT2D eigenvalue weighted by Crippen LogP contribution is 2.31. The summed E-state index contributed by atoms with van der Waals surface area (Å²) in [5, 5.41) is 5.47. The molecule has 2 rings (SSSR count). The molecule has 1 aromatic carbocycles. The molecule has 0 saturated carbocycles. The topological polar surface area (TPSA) is 65.1 Å². The van der Waals surface area contributed by atoms with Crippen LogP contribution in [0.1, 0.15) is 22.9 Å². The molecule has 114 valence electrons. The van der Waals surface area contributed by atoms with Crippen molar-refractivity contribution in [3.8, 4) is 0 Å². The molecule has 1 atom stereocenters. The second kappa shape index (κ2) is 7.24. The van der Waals surface area contributed by atoms with E-state index in [0.29, 0.717) is 23.2 Å². The SMILES string of the molecule is COCCn1ncc(Cl)c1C(NN)c1cc(Cl)ccc1C. The number of hydrogen-bond acceptors (Lipinski definition) is 4. The van der Waals surface area contributed by atoms with Gasteiger partial charge in [0.2, 0.25) is 0 Å². The first-order valence-corrected chi connectivity index (χ1v) is 7.26. The van der Waals surface area contributed by atoms with Gasteiger partial charge in [0.25, 0.3) is 0 Å². The minimum absolute atomic E-state index is 0.296. The fourth-order valence-electron chi connectivity index (χ4n) is 2.25. The summed E-state index contributed by atoms with van der Waals surface area (Å²) in [6.07, 6.45) is 1.61.